The highest BCUT2D eigenvalue weighted by molar-refractivity contribution is 7.89. The summed E-state index contributed by atoms with van der Waals surface area (Å²) >= 11 is 1.35. The van der Waals surface area contributed by atoms with Gasteiger partial charge in [0, 0.05) is 25.1 Å². The van der Waals surface area contributed by atoms with Crippen LogP contribution in [0.5, 0.6) is 0 Å². The molecule has 0 spiro atoms. The summed E-state index contributed by atoms with van der Waals surface area (Å²) in [6.45, 7) is 3.17. The Bertz CT molecular complexity index is 870. The van der Waals surface area contributed by atoms with Crippen LogP contribution in [0.2, 0.25) is 0 Å². The Labute approximate surface area is 163 Å². The number of nitrogens with one attached hydrogen (secondary N) is 1. The van der Waals surface area contributed by atoms with Gasteiger partial charge in [0.1, 0.15) is 5.01 Å². The third-order valence-corrected chi connectivity index (χ3v) is 7.28. The normalized spacial score (nSPS) is 16.0. The van der Waals surface area contributed by atoms with E-state index in [1.807, 2.05) is 0 Å². The molecule has 1 aliphatic rings. The van der Waals surface area contributed by atoms with Crippen LogP contribution in [0.25, 0.3) is 0 Å². The molecule has 1 amide bonds. The van der Waals surface area contributed by atoms with Gasteiger partial charge < -0.3 is 0 Å². The van der Waals surface area contributed by atoms with Crippen molar-refractivity contribution in [2.75, 3.05) is 18.4 Å². The first-order valence-electron chi connectivity index (χ1n) is 9.24. The number of anilines is 1. The van der Waals surface area contributed by atoms with Crippen LogP contribution < -0.4 is 5.32 Å². The number of carbonyl (C=O) groups is 1. The van der Waals surface area contributed by atoms with Crippen molar-refractivity contribution < 1.29 is 13.2 Å². The molecule has 0 saturated carbocycles. The van der Waals surface area contributed by atoms with Crippen molar-refractivity contribution in [2.45, 2.75) is 50.3 Å². The van der Waals surface area contributed by atoms with Gasteiger partial charge in [-0.3, -0.25) is 10.1 Å². The van der Waals surface area contributed by atoms with Crippen LogP contribution >= 0.6 is 11.3 Å². The Balaban J connectivity index is 1.69. The molecule has 0 aliphatic carbocycles. The minimum absolute atomic E-state index is 0.224. The number of hydrogen-bond acceptors (Lipinski definition) is 6. The number of nitrogens with zero attached hydrogens (tertiary/aromatic N) is 3. The van der Waals surface area contributed by atoms with Crippen LogP contribution in [0.15, 0.2) is 29.2 Å². The molecular formula is C18H24N4O3S2. The summed E-state index contributed by atoms with van der Waals surface area (Å²) in [5, 5.41) is 12.0. The fourth-order valence-electron chi connectivity index (χ4n) is 3.00. The SMILES string of the molecule is CCCc1nnc(NC(=O)c2ccc(S(=O)(=O)N3CCCCCC3)cc2)s1. The van der Waals surface area contributed by atoms with Crippen molar-refractivity contribution in [3.8, 4) is 0 Å². The number of benzene rings is 1. The summed E-state index contributed by atoms with van der Waals surface area (Å²) in [5.74, 6) is -0.326. The van der Waals surface area contributed by atoms with E-state index in [2.05, 4.69) is 22.4 Å². The monoisotopic (exact) mass is 408 g/mol. The molecule has 7 nitrogen and oxygen atoms in total. The van der Waals surface area contributed by atoms with Crippen molar-refractivity contribution in [3.05, 3.63) is 34.8 Å². The zero-order chi connectivity index (χ0) is 19.3. The predicted octanol–water partition coefficient (Wildman–Crippen LogP) is 3.31. The fraction of sp³-hybridized carbons (Fsp3) is 0.500. The Morgan fingerprint density at radius 3 is 2.41 bits per heavy atom. The second-order valence-electron chi connectivity index (χ2n) is 6.55. The second-order valence-corrected chi connectivity index (χ2v) is 9.55. The summed E-state index contributed by atoms with van der Waals surface area (Å²) in [6, 6.07) is 6.07. The van der Waals surface area contributed by atoms with Gasteiger partial charge in [0.2, 0.25) is 15.2 Å². The van der Waals surface area contributed by atoms with E-state index in [0.29, 0.717) is 23.8 Å². The number of aromatic nitrogens is 2. The molecule has 1 aliphatic heterocycles. The lowest BCUT2D eigenvalue weighted by molar-refractivity contribution is 0.102. The molecule has 2 aromatic rings. The Hall–Kier alpha value is -1.84. The maximum atomic E-state index is 12.8. The lowest BCUT2D eigenvalue weighted by Crippen LogP contribution is -2.31. The van der Waals surface area contributed by atoms with E-state index >= 15 is 0 Å². The number of sulfonamides is 1. The lowest BCUT2D eigenvalue weighted by atomic mass is 10.2. The topological polar surface area (TPSA) is 92.3 Å². The molecule has 0 radical (unpaired) electrons. The van der Waals surface area contributed by atoms with Gasteiger partial charge in [-0.25, -0.2) is 8.42 Å². The van der Waals surface area contributed by atoms with E-state index in [4.69, 9.17) is 0 Å². The van der Waals surface area contributed by atoms with Crippen LogP contribution in [0, 0.1) is 0 Å². The Morgan fingerprint density at radius 2 is 1.78 bits per heavy atom. The number of rotatable bonds is 6. The molecule has 2 heterocycles. The summed E-state index contributed by atoms with van der Waals surface area (Å²) in [6.07, 6.45) is 5.71. The first-order valence-corrected chi connectivity index (χ1v) is 11.5. The third-order valence-electron chi connectivity index (χ3n) is 4.47. The second kappa shape index (κ2) is 8.90. The molecule has 0 bridgehead atoms. The average Bonchev–Trinajstić information content (AvgIpc) is 2.92. The van der Waals surface area contributed by atoms with E-state index in [0.717, 1.165) is 43.5 Å². The third kappa shape index (κ3) is 4.91. The van der Waals surface area contributed by atoms with Crippen molar-refractivity contribution in [3.63, 3.8) is 0 Å². The molecule has 0 unspecified atom stereocenters. The van der Waals surface area contributed by atoms with Crippen molar-refractivity contribution in [1.82, 2.24) is 14.5 Å². The van der Waals surface area contributed by atoms with Crippen LogP contribution in [-0.2, 0) is 16.4 Å². The number of hydrogen-bond donors (Lipinski definition) is 1. The van der Waals surface area contributed by atoms with Crippen molar-refractivity contribution >= 4 is 32.4 Å². The van der Waals surface area contributed by atoms with Gasteiger partial charge >= 0.3 is 0 Å². The van der Waals surface area contributed by atoms with E-state index in [-0.39, 0.29) is 10.8 Å². The molecule has 146 valence electrons. The average molecular weight is 409 g/mol. The molecule has 1 fully saturated rings. The van der Waals surface area contributed by atoms with Gasteiger partial charge in [0.25, 0.3) is 5.91 Å². The van der Waals surface area contributed by atoms with Gasteiger partial charge in [-0.1, -0.05) is 31.1 Å². The fourth-order valence-corrected chi connectivity index (χ4v) is 5.35. The predicted molar refractivity (Wildman–Crippen MR) is 106 cm³/mol. The summed E-state index contributed by atoms with van der Waals surface area (Å²) in [4.78, 5) is 12.6. The smallest absolute Gasteiger partial charge is 0.257 e. The quantitative estimate of drug-likeness (QED) is 0.792. The largest absolute Gasteiger partial charge is 0.296 e. The molecule has 9 heteroatoms. The highest BCUT2D eigenvalue weighted by atomic mass is 32.2. The van der Waals surface area contributed by atoms with Crippen LogP contribution in [0.4, 0.5) is 5.13 Å². The molecule has 3 rings (SSSR count). The highest BCUT2D eigenvalue weighted by Gasteiger charge is 2.25. The van der Waals surface area contributed by atoms with Gasteiger partial charge in [0.15, 0.2) is 0 Å². The molecule has 1 aromatic carbocycles. The van der Waals surface area contributed by atoms with E-state index in [1.54, 1.807) is 4.31 Å². The minimum atomic E-state index is -3.51. The Kier molecular flexibility index (Phi) is 6.56. The number of carbonyl (C=O) groups excluding carboxylic acids is 1. The van der Waals surface area contributed by atoms with Crippen LogP contribution in [0.3, 0.4) is 0 Å². The molecule has 27 heavy (non-hydrogen) atoms. The Morgan fingerprint density at radius 1 is 1.11 bits per heavy atom. The van der Waals surface area contributed by atoms with E-state index < -0.39 is 10.0 Å². The van der Waals surface area contributed by atoms with Gasteiger partial charge in [-0.15, -0.1) is 10.2 Å². The van der Waals surface area contributed by atoms with Crippen molar-refractivity contribution in [1.29, 1.82) is 0 Å². The van der Waals surface area contributed by atoms with Crippen LogP contribution in [0.1, 0.15) is 54.4 Å². The van der Waals surface area contributed by atoms with Gasteiger partial charge in [-0.2, -0.15) is 4.31 Å². The van der Waals surface area contributed by atoms with Gasteiger partial charge in [0.05, 0.1) is 4.90 Å². The molecule has 1 N–H and O–H groups in total. The molecule has 0 atom stereocenters. The summed E-state index contributed by atoms with van der Waals surface area (Å²) in [5.41, 5.74) is 0.386. The molecule has 1 saturated heterocycles. The number of aryl methyl sites for hydroxylation is 1. The highest BCUT2D eigenvalue weighted by Crippen LogP contribution is 2.22. The zero-order valence-electron chi connectivity index (χ0n) is 15.3. The minimum Gasteiger partial charge on any atom is -0.296 e. The molecule has 1 aromatic heterocycles. The first-order chi connectivity index (χ1) is 13.0. The number of amides is 1. The first kappa shape index (κ1) is 19.9. The van der Waals surface area contributed by atoms with Gasteiger partial charge in [-0.05, 0) is 43.5 Å². The summed E-state index contributed by atoms with van der Waals surface area (Å²) in [7, 11) is -3.51. The lowest BCUT2D eigenvalue weighted by Gasteiger charge is -2.20. The van der Waals surface area contributed by atoms with Crippen LogP contribution in [-0.4, -0.2) is 41.9 Å². The maximum absolute atomic E-state index is 12.8. The van der Waals surface area contributed by atoms with E-state index in [9.17, 15) is 13.2 Å². The van der Waals surface area contributed by atoms with Crippen molar-refractivity contribution in [2.24, 2.45) is 0 Å². The standard InChI is InChI=1S/C18H24N4O3S2/c1-2-7-16-20-21-18(26-16)19-17(23)14-8-10-15(11-9-14)27(24,25)22-12-5-3-4-6-13-22/h8-11H,2-7,12-13H2,1H3,(H,19,21,23). The molecular weight excluding hydrogens is 384 g/mol. The summed E-state index contributed by atoms with van der Waals surface area (Å²) < 4.78 is 27.1. The maximum Gasteiger partial charge on any atom is 0.257 e. The zero-order valence-corrected chi connectivity index (χ0v) is 17.0. The van der Waals surface area contributed by atoms with E-state index in [1.165, 1.54) is 35.6 Å².